The number of rotatable bonds is 3. The van der Waals surface area contributed by atoms with Crippen molar-refractivity contribution in [2.24, 2.45) is 14.1 Å². The predicted octanol–water partition coefficient (Wildman–Crippen LogP) is 1.75. The molecule has 140 valence electrons. The highest BCUT2D eigenvalue weighted by molar-refractivity contribution is 6.16. The number of anilines is 1. The molecule has 2 N–H and O–H groups in total. The van der Waals surface area contributed by atoms with Gasteiger partial charge in [-0.2, -0.15) is 5.26 Å². The van der Waals surface area contributed by atoms with Crippen molar-refractivity contribution in [2.45, 2.75) is 26.2 Å². The number of nitrogens with two attached hydrogens (primary N) is 1. The van der Waals surface area contributed by atoms with Crippen LogP contribution in [0, 0.1) is 11.3 Å². The van der Waals surface area contributed by atoms with Crippen molar-refractivity contribution in [3.63, 3.8) is 0 Å². The second-order valence-corrected chi connectivity index (χ2v) is 7.34. The zero-order valence-electron chi connectivity index (χ0n) is 16.0. The standard InChI is InChI=1S/C20H22N4O3/c1-20(2,3)14-8-6-12(7-9-14)10-13(11-21)16(25)15-17(22)23(4)19(27)24(5)18(15)26/h6-10H,22H2,1-5H3/b13-10+. The van der Waals surface area contributed by atoms with Gasteiger partial charge >= 0.3 is 5.69 Å². The maximum absolute atomic E-state index is 12.8. The van der Waals surface area contributed by atoms with Gasteiger partial charge in [-0.1, -0.05) is 45.0 Å². The van der Waals surface area contributed by atoms with Gasteiger partial charge in [-0.15, -0.1) is 0 Å². The lowest BCUT2D eigenvalue weighted by atomic mass is 9.86. The molecule has 0 saturated heterocycles. The molecule has 0 aliphatic carbocycles. The van der Waals surface area contributed by atoms with Gasteiger partial charge in [0.15, 0.2) is 0 Å². The fourth-order valence-corrected chi connectivity index (χ4v) is 2.60. The molecule has 0 radical (unpaired) electrons. The number of carbonyl (C=O) groups excluding carboxylic acids is 1. The Balaban J connectivity index is 2.55. The van der Waals surface area contributed by atoms with Crippen molar-refractivity contribution in [3.05, 3.63) is 67.4 Å². The Labute approximate surface area is 157 Å². The zero-order chi connectivity index (χ0) is 20.5. The number of nitriles is 1. The fraction of sp³-hybridized carbons (Fsp3) is 0.300. The number of benzene rings is 1. The molecule has 2 rings (SSSR count). The first-order valence-electron chi connectivity index (χ1n) is 8.31. The highest BCUT2D eigenvalue weighted by atomic mass is 16.2. The summed E-state index contributed by atoms with van der Waals surface area (Å²) in [6.07, 6.45) is 1.40. The van der Waals surface area contributed by atoms with Gasteiger partial charge in [0.25, 0.3) is 5.56 Å². The van der Waals surface area contributed by atoms with Crippen LogP contribution in [0.15, 0.2) is 39.4 Å². The van der Waals surface area contributed by atoms with Crippen molar-refractivity contribution >= 4 is 17.7 Å². The minimum absolute atomic E-state index is 0.0222. The molecule has 0 atom stereocenters. The van der Waals surface area contributed by atoms with Crippen molar-refractivity contribution < 1.29 is 4.79 Å². The van der Waals surface area contributed by atoms with E-state index < -0.39 is 22.6 Å². The third kappa shape index (κ3) is 3.75. The molecule has 1 aromatic heterocycles. The average molecular weight is 366 g/mol. The summed E-state index contributed by atoms with van der Waals surface area (Å²) in [4.78, 5) is 37.0. The van der Waals surface area contributed by atoms with Gasteiger partial charge < -0.3 is 5.73 Å². The number of Topliss-reactive ketones (excluding diaryl/α,β-unsaturated/α-hetero) is 1. The van der Waals surface area contributed by atoms with E-state index in [0.29, 0.717) is 5.56 Å². The van der Waals surface area contributed by atoms with Crippen LogP contribution >= 0.6 is 0 Å². The smallest absolute Gasteiger partial charge is 0.332 e. The van der Waals surface area contributed by atoms with Gasteiger partial charge in [0.2, 0.25) is 5.78 Å². The Morgan fingerprint density at radius 1 is 1.11 bits per heavy atom. The number of nitrogen functional groups attached to an aromatic ring is 1. The Kier molecular flexibility index (Phi) is 5.22. The molecule has 2 aromatic rings. The molecule has 0 unspecified atom stereocenters. The lowest BCUT2D eigenvalue weighted by molar-refractivity contribution is 0.103. The van der Waals surface area contributed by atoms with Gasteiger partial charge in [0, 0.05) is 14.1 Å². The number of hydrogen-bond acceptors (Lipinski definition) is 5. The minimum Gasteiger partial charge on any atom is -0.384 e. The number of allylic oxidation sites excluding steroid dienone is 1. The first-order chi connectivity index (χ1) is 12.5. The molecule has 7 nitrogen and oxygen atoms in total. The van der Waals surface area contributed by atoms with Gasteiger partial charge in [-0.25, -0.2) is 4.79 Å². The third-order valence-corrected chi connectivity index (χ3v) is 4.39. The molecule has 1 heterocycles. The average Bonchev–Trinajstić information content (AvgIpc) is 2.62. The van der Waals surface area contributed by atoms with Crippen LogP contribution in [-0.4, -0.2) is 14.9 Å². The van der Waals surface area contributed by atoms with E-state index in [1.54, 1.807) is 12.1 Å². The summed E-state index contributed by atoms with van der Waals surface area (Å²) in [7, 11) is 2.61. The van der Waals surface area contributed by atoms with E-state index in [-0.39, 0.29) is 16.8 Å². The normalized spacial score (nSPS) is 11.9. The molecular formula is C20H22N4O3. The lowest BCUT2D eigenvalue weighted by Crippen LogP contribution is -2.41. The summed E-state index contributed by atoms with van der Waals surface area (Å²) in [5, 5.41) is 9.42. The zero-order valence-corrected chi connectivity index (χ0v) is 16.0. The van der Waals surface area contributed by atoms with Crippen LogP contribution in [0.5, 0.6) is 0 Å². The summed E-state index contributed by atoms with van der Waals surface area (Å²) in [5.41, 5.74) is 5.44. The second kappa shape index (κ2) is 7.08. The van der Waals surface area contributed by atoms with Crippen molar-refractivity contribution in [3.8, 4) is 6.07 Å². The van der Waals surface area contributed by atoms with Crippen LogP contribution in [0.25, 0.3) is 6.08 Å². The van der Waals surface area contributed by atoms with Crippen LogP contribution < -0.4 is 17.0 Å². The first-order valence-corrected chi connectivity index (χ1v) is 8.31. The highest BCUT2D eigenvalue weighted by Gasteiger charge is 2.23. The molecule has 7 heteroatoms. The maximum Gasteiger partial charge on any atom is 0.332 e. The minimum atomic E-state index is -0.829. The third-order valence-electron chi connectivity index (χ3n) is 4.39. The highest BCUT2D eigenvalue weighted by Crippen LogP contribution is 2.23. The van der Waals surface area contributed by atoms with Crippen LogP contribution in [0.2, 0.25) is 0 Å². The molecule has 27 heavy (non-hydrogen) atoms. The van der Waals surface area contributed by atoms with Gasteiger partial charge in [-0.3, -0.25) is 18.7 Å². The van der Waals surface area contributed by atoms with E-state index in [0.717, 1.165) is 14.7 Å². The van der Waals surface area contributed by atoms with Crippen molar-refractivity contribution in [1.82, 2.24) is 9.13 Å². The quantitative estimate of drug-likeness (QED) is 0.505. The lowest BCUT2D eigenvalue weighted by Gasteiger charge is -2.18. The second-order valence-electron chi connectivity index (χ2n) is 7.34. The molecule has 0 saturated carbocycles. The molecule has 0 amide bonds. The van der Waals surface area contributed by atoms with E-state index in [9.17, 15) is 19.6 Å². The van der Waals surface area contributed by atoms with Crippen LogP contribution in [0.4, 0.5) is 5.82 Å². The Morgan fingerprint density at radius 3 is 2.15 bits per heavy atom. The van der Waals surface area contributed by atoms with E-state index >= 15 is 0 Å². The number of ketones is 1. The fourth-order valence-electron chi connectivity index (χ4n) is 2.60. The molecule has 0 spiro atoms. The number of nitrogens with zero attached hydrogens (tertiary/aromatic N) is 3. The SMILES string of the molecule is Cn1c(N)c(C(=O)/C(C#N)=C/c2ccc(C(C)(C)C)cc2)c(=O)n(C)c1=O. The van der Waals surface area contributed by atoms with Crippen LogP contribution in [-0.2, 0) is 19.5 Å². The summed E-state index contributed by atoms with van der Waals surface area (Å²) < 4.78 is 1.79. The monoisotopic (exact) mass is 366 g/mol. The van der Waals surface area contributed by atoms with Crippen LogP contribution in [0.3, 0.4) is 0 Å². The molecule has 0 fully saturated rings. The molecule has 0 bridgehead atoms. The first kappa shape index (κ1) is 19.9. The summed E-state index contributed by atoms with van der Waals surface area (Å²) >= 11 is 0. The van der Waals surface area contributed by atoms with Crippen molar-refractivity contribution in [2.75, 3.05) is 5.73 Å². The summed E-state index contributed by atoms with van der Waals surface area (Å²) in [5.74, 6) is -1.08. The van der Waals surface area contributed by atoms with Crippen molar-refractivity contribution in [1.29, 1.82) is 5.26 Å². The van der Waals surface area contributed by atoms with E-state index in [2.05, 4.69) is 20.8 Å². The number of aromatic nitrogens is 2. The molecule has 0 aliphatic rings. The maximum atomic E-state index is 12.8. The van der Waals surface area contributed by atoms with Gasteiger partial charge in [0.05, 0.1) is 0 Å². The Hall–Kier alpha value is -3.40. The Morgan fingerprint density at radius 2 is 1.67 bits per heavy atom. The Bertz CT molecular complexity index is 1090. The molecular weight excluding hydrogens is 344 g/mol. The van der Waals surface area contributed by atoms with Gasteiger partial charge in [-0.05, 0) is 22.6 Å². The summed E-state index contributed by atoms with van der Waals surface area (Å²) in [6.45, 7) is 6.25. The van der Waals surface area contributed by atoms with Gasteiger partial charge in [0.1, 0.15) is 23.0 Å². The molecule has 1 aromatic carbocycles. The van der Waals surface area contributed by atoms with E-state index in [4.69, 9.17) is 5.73 Å². The molecule has 0 aliphatic heterocycles. The van der Waals surface area contributed by atoms with E-state index in [1.807, 2.05) is 18.2 Å². The largest absolute Gasteiger partial charge is 0.384 e. The topological polar surface area (TPSA) is 111 Å². The summed E-state index contributed by atoms with van der Waals surface area (Å²) in [6, 6.07) is 9.26. The van der Waals surface area contributed by atoms with Crippen LogP contribution in [0.1, 0.15) is 42.3 Å². The predicted molar refractivity (Wildman–Crippen MR) is 104 cm³/mol. The van der Waals surface area contributed by atoms with E-state index in [1.165, 1.54) is 20.2 Å². The number of carbonyl (C=O) groups is 1. The number of hydrogen-bond donors (Lipinski definition) is 1.